The predicted octanol–water partition coefficient (Wildman–Crippen LogP) is 5.22. The first-order valence-electron chi connectivity index (χ1n) is 8.08. The van der Waals surface area contributed by atoms with Crippen LogP contribution < -0.4 is 0 Å². The van der Waals surface area contributed by atoms with Crippen LogP contribution in [0.15, 0.2) is 0 Å². The molecular formula is C16H35ClN+. The summed E-state index contributed by atoms with van der Waals surface area (Å²) in [5, 5.41) is 0. The molecule has 0 atom stereocenters. The Hall–Kier alpha value is 0.250. The van der Waals surface area contributed by atoms with Gasteiger partial charge in [0.2, 0.25) is 0 Å². The van der Waals surface area contributed by atoms with E-state index in [1.54, 1.807) is 0 Å². The molecule has 0 spiro atoms. The van der Waals surface area contributed by atoms with Crippen LogP contribution in [-0.4, -0.2) is 37.0 Å². The Morgan fingerprint density at radius 2 is 1.11 bits per heavy atom. The first-order chi connectivity index (χ1) is 8.68. The van der Waals surface area contributed by atoms with Gasteiger partial charge < -0.3 is 4.48 Å². The van der Waals surface area contributed by atoms with E-state index in [0.717, 1.165) is 5.88 Å². The molecule has 0 bridgehead atoms. The molecule has 1 nitrogen and oxygen atoms in total. The molecule has 18 heavy (non-hydrogen) atoms. The fourth-order valence-corrected chi connectivity index (χ4v) is 2.74. The molecule has 2 heteroatoms. The van der Waals surface area contributed by atoms with Gasteiger partial charge in [-0.3, -0.25) is 0 Å². The second-order valence-corrected chi connectivity index (χ2v) is 6.33. The van der Waals surface area contributed by atoms with E-state index >= 15 is 0 Å². The average molecular weight is 277 g/mol. The molecule has 0 aromatic rings. The zero-order valence-electron chi connectivity index (χ0n) is 13.0. The molecule has 0 saturated heterocycles. The summed E-state index contributed by atoms with van der Waals surface area (Å²) >= 11 is 5.87. The van der Waals surface area contributed by atoms with Gasteiger partial charge in [0.1, 0.15) is 0 Å². The number of nitrogens with zero attached hydrogens (tertiary/aromatic N) is 1. The first kappa shape index (κ1) is 18.2. The van der Waals surface area contributed by atoms with Crippen LogP contribution in [0, 0.1) is 0 Å². The molecule has 0 saturated carbocycles. The Balaban J connectivity index is 3.90. The van der Waals surface area contributed by atoms with E-state index in [9.17, 15) is 0 Å². The number of halogens is 1. The lowest BCUT2D eigenvalue weighted by molar-refractivity contribution is -0.910. The van der Waals surface area contributed by atoms with Crippen molar-refractivity contribution in [1.82, 2.24) is 0 Å². The van der Waals surface area contributed by atoms with Gasteiger partial charge in [0.25, 0.3) is 0 Å². The lowest BCUT2D eigenvalue weighted by Crippen LogP contribution is -2.46. The molecule has 0 aromatic heterocycles. The summed E-state index contributed by atoms with van der Waals surface area (Å²) in [5.74, 6) is 0.817. The molecule has 0 N–H and O–H groups in total. The monoisotopic (exact) mass is 276 g/mol. The van der Waals surface area contributed by atoms with E-state index in [-0.39, 0.29) is 0 Å². The van der Waals surface area contributed by atoms with E-state index in [0.29, 0.717) is 0 Å². The number of rotatable bonds is 13. The number of hydrogen-bond acceptors (Lipinski definition) is 0. The average Bonchev–Trinajstić information content (AvgIpc) is 2.38. The van der Waals surface area contributed by atoms with Gasteiger partial charge in [-0.05, 0) is 25.7 Å². The molecule has 0 heterocycles. The normalized spacial score (nSPS) is 12.0. The van der Waals surface area contributed by atoms with Crippen molar-refractivity contribution in [2.45, 2.75) is 71.6 Å². The summed E-state index contributed by atoms with van der Waals surface area (Å²) in [5.41, 5.74) is 0. The van der Waals surface area contributed by atoms with Crippen molar-refractivity contribution >= 4 is 11.6 Å². The van der Waals surface area contributed by atoms with E-state index in [4.69, 9.17) is 11.6 Å². The number of quaternary nitrogens is 1. The molecule has 0 amide bonds. The number of unbranched alkanes of at least 4 members (excludes halogenated alkanes) is 6. The van der Waals surface area contributed by atoms with Gasteiger partial charge in [-0.15, -0.1) is 11.6 Å². The molecule has 110 valence electrons. The SMILES string of the molecule is CCCCCC[N+](C)(CCCCl)CCCCCC. The third-order valence-corrected chi connectivity index (χ3v) is 4.20. The summed E-state index contributed by atoms with van der Waals surface area (Å²) in [7, 11) is 2.43. The van der Waals surface area contributed by atoms with Crippen molar-refractivity contribution in [3.8, 4) is 0 Å². The van der Waals surface area contributed by atoms with E-state index < -0.39 is 0 Å². The smallest absolute Gasteiger partial charge is 0.0796 e. The Morgan fingerprint density at radius 1 is 0.667 bits per heavy atom. The van der Waals surface area contributed by atoms with Crippen molar-refractivity contribution in [3.05, 3.63) is 0 Å². The van der Waals surface area contributed by atoms with Gasteiger partial charge >= 0.3 is 0 Å². The minimum Gasteiger partial charge on any atom is -0.326 e. The Kier molecular flexibility index (Phi) is 12.5. The van der Waals surface area contributed by atoms with Crippen molar-refractivity contribution in [3.63, 3.8) is 0 Å². The highest BCUT2D eigenvalue weighted by Crippen LogP contribution is 2.13. The number of alkyl halides is 1. The maximum Gasteiger partial charge on any atom is 0.0796 e. The summed E-state index contributed by atoms with van der Waals surface area (Å²) in [6.45, 7) is 8.53. The highest BCUT2D eigenvalue weighted by molar-refractivity contribution is 6.17. The van der Waals surface area contributed by atoms with E-state index in [1.165, 1.54) is 81.9 Å². The molecule has 0 rings (SSSR count). The second kappa shape index (κ2) is 12.3. The molecule has 0 aromatic carbocycles. The minimum atomic E-state index is 0.817. The van der Waals surface area contributed by atoms with Crippen LogP contribution in [0.5, 0.6) is 0 Å². The van der Waals surface area contributed by atoms with Crippen LogP contribution in [0.3, 0.4) is 0 Å². The van der Waals surface area contributed by atoms with Crippen LogP contribution in [0.4, 0.5) is 0 Å². The van der Waals surface area contributed by atoms with Gasteiger partial charge in [-0.25, -0.2) is 0 Å². The number of hydrogen-bond donors (Lipinski definition) is 0. The molecule has 0 aliphatic carbocycles. The quantitative estimate of drug-likeness (QED) is 0.246. The topological polar surface area (TPSA) is 0 Å². The van der Waals surface area contributed by atoms with Crippen LogP contribution in [-0.2, 0) is 0 Å². The molecule has 0 unspecified atom stereocenters. The van der Waals surface area contributed by atoms with Crippen molar-refractivity contribution in [2.75, 3.05) is 32.6 Å². The highest BCUT2D eigenvalue weighted by Gasteiger charge is 2.19. The summed E-state index contributed by atoms with van der Waals surface area (Å²) in [6, 6.07) is 0. The van der Waals surface area contributed by atoms with Crippen LogP contribution in [0.2, 0.25) is 0 Å². The van der Waals surface area contributed by atoms with Gasteiger partial charge in [-0.2, -0.15) is 0 Å². The summed E-state index contributed by atoms with van der Waals surface area (Å²) in [4.78, 5) is 0. The largest absolute Gasteiger partial charge is 0.326 e. The molecule has 0 aliphatic heterocycles. The Labute approximate surface area is 120 Å². The van der Waals surface area contributed by atoms with Gasteiger partial charge in [0.05, 0.1) is 26.7 Å². The minimum absolute atomic E-state index is 0.817. The third kappa shape index (κ3) is 10.2. The fraction of sp³-hybridized carbons (Fsp3) is 1.00. The van der Waals surface area contributed by atoms with Gasteiger partial charge in [0.15, 0.2) is 0 Å². The lowest BCUT2D eigenvalue weighted by atomic mass is 10.1. The summed E-state index contributed by atoms with van der Waals surface area (Å²) in [6.07, 6.45) is 12.2. The Bertz CT molecular complexity index is 158. The van der Waals surface area contributed by atoms with Crippen LogP contribution in [0.25, 0.3) is 0 Å². The highest BCUT2D eigenvalue weighted by atomic mass is 35.5. The van der Waals surface area contributed by atoms with Crippen molar-refractivity contribution in [1.29, 1.82) is 0 Å². The van der Waals surface area contributed by atoms with Crippen LogP contribution in [0.1, 0.15) is 71.6 Å². The predicted molar refractivity (Wildman–Crippen MR) is 84.4 cm³/mol. The lowest BCUT2D eigenvalue weighted by Gasteiger charge is -2.35. The first-order valence-corrected chi connectivity index (χ1v) is 8.61. The van der Waals surface area contributed by atoms with E-state index in [1.807, 2.05) is 0 Å². The maximum absolute atomic E-state index is 5.87. The van der Waals surface area contributed by atoms with E-state index in [2.05, 4.69) is 20.9 Å². The zero-order chi connectivity index (χ0) is 13.7. The third-order valence-electron chi connectivity index (χ3n) is 3.93. The summed E-state index contributed by atoms with van der Waals surface area (Å²) < 4.78 is 1.25. The van der Waals surface area contributed by atoms with Crippen molar-refractivity contribution < 1.29 is 4.48 Å². The maximum atomic E-state index is 5.87. The molecule has 0 radical (unpaired) electrons. The van der Waals surface area contributed by atoms with Crippen molar-refractivity contribution in [2.24, 2.45) is 0 Å². The van der Waals surface area contributed by atoms with Crippen LogP contribution >= 0.6 is 11.6 Å². The Morgan fingerprint density at radius 3 is 1.50 bits per heavy atom. The molecular weight excluding hydrogens is 242 g/mol. The van der Waals surface area contributed by atoms with Gasteiger partial charge in [0, 0.05) is 12.3 Å². The molecule has 0 fully saturated rings. The molecule has 0 aliphatic rings. The standard InChI is InChI=1S/C16H35ClN/c1-4-6-8-10-14-18(3,16-12-13-17)15-11-9-7-5-2/h4-16H2,1-3H3/q+1. The fourth-order valence-electron chi connectivity index (χ4n) is 2.62. The van der Waals surface area contributed by atoms with Gasteiger partial charge in [-0.1, -0.05) is 39.5 Å². The second-order valence-electron chi connectivity index (χ2n) is 5.95. The zero-order valence-corrected chi connectivity index (χ0v) is 13.8.